The number of fused-ring (bicyclic) bond motifs is 2. The number of H-pyrrole nitrogens is 1. The highest BCUT2D eigenvalue weighted by Gasteiger charge is 2.55. The van der Waals surface area contributed by atoms with Gasteiger partial charge in [0.05, 0.1) is 21.8 Å². The summed E-state index contributed by atoms with van der Waals surface area (Å²) in [5.41, 5.74) is 1.26. The fraction of sp³-hybridized carbons (Fsp3) is 0.556. The number of ether oxygens (including phenoxy) is 1. The monoisotopic (exact) mass is 377 g/mol. The van der Waals surface area contributed by atoms with Crippen LogP contribution in [-0.2, 0) is 26.2 Å². The molecular weight excluding hydrogens is 354 g/mol. The lowest BCUT2D eigenvalue weighted by atomic mass is 10.0. The van der Waals surface area contributed by atoms with Gasteiger partial charge >= 0.3 is 5.97 Å². The van der Waals surface area contributed by atoms with Crippen molar-refractivity contribution in [3.8, 4) is 0 Å². The van der Waals surface area contributed by atoms with E-state index in [4.69, 9.17) is 4.74 Å². The molecule has 7 nitrogen and oxygen atoms in total. The first-order valence-corrected chi connectivity index (χ1v) is 10.4. The molecule has 2 aromatic rings. The van der Waals surface area contributed by atoms with Gasteiger partial charge in [0.1, 0.15) is 12.4 Å². The van der Waals surface area contributed by atoms with Gasteiger partial charge in [-0.25, -0.2) is 17.7 Å². The summed E-state index contributed by atoms with van der Waals surface area (Å²) in [5, 5.41) is 0. The topological polar surface area (TPSA) is 92.4 Å². The van der Waals surface area contributed by atoms with E-state index in [0.717, 1.165) is 12.8 Å². The Kier molecular flexibility index (Phi) is 4.27. The number of rotatable bonds is 5. The molecule has 0 aliphatic heterocycles. The number of carbonyl (C=O) groups is 1. The minimum absolute atomic E-state index is 0.0683. The van der Waals surface area contributed by atoms with E-state index in [2.05, 4.69) is 9.97 Å². The zero-order valence-corrected chi connectivity index (χ0v) is 15.8. The van der Waals surface area contributed by atoms with Gasteiger partial charge in [0.2, 0.25) is 10.0 Å². The van der Waals surface area contributed by atoms with E-state index in [9.17, 15) is 13.2 Å². The maximum absolute atomic E-state index is 12.3. The van der Waals surface area contributed by atoms with Crippen molar-refractivity contribution in [2.45, 2.75) is 37.2 Å². The number of esters is 1. The largest absolute Gasteiger partial charge is 0.457 e. The van der Waals surface area contributed by atoms with E-state index in [1.54, 1.807) is 12.1 Å². The molecule has 0 radical (unpaired) electrons. The number of aromatic nitrogens is 2. The fourth-order valence-corrected chi connectivity index (χ4v) is 4.99. The molecule has 0 saturated heterocycles. The van der Waals surface area contributed by atoms with Gasteiger partial charge < -0.3 is 9.72 Å². The summed E-state index contributed by atoms with van der Waals surface area (Å²) < 4.78 is 31.1. The zero-order chi connectivity index (χ0) is 18.5. The minimum Gasteiger partial charge on any atom is -0.457 e. The Morgan fingerprint density at radius 1 is 1.27 bits per heavy atom. The van der Waals surface area contributed by atoms with Crippen molar-refractivity contribution < 1.29 is 17.9 Å². The molecule has 0 bridgehead atoms. The average Bonchev–Trinajstić information content (AvgIpc) is 3.20. The van der Waals surface area contributed by atoms with Crippen molar-refractivity contribution in [1.29, 1.82) is 0 Å². The van der Waals surface area contributed by atoms with Gasteiger partial charge in [-0.15, -0.1) is 0 Å². The summed E-state index contributed by atoms with van der Waals surface area (Å²) in [6.45, 7) is 0.0826. The number of nitrogens with zero attached hydrogens (tertiary/aromatic N) is 2. The van der Waals surface area contributed by atoms with Crippen molar-refractivity contribution in [3.63, 3.8) is 0 Å². The van der Waals surface area contributed by atoms with Gasteiger partial charge in [-0.3, -0.25) is 4.79 Å². The normalized spacial score (nSPS) is 25.3. The third-order valence-electron chi connectivity index (χ3n) is 5.56. The second-order valence-electron chi connectivity index (χ2n) is 7.40. The third kappa shape index (κ3) is 3.01. The summed E-state index contributed by atoms with van der Waals surface area (Å²) in [6, 6.07) is 4.74. The predicted octanol–water partition coefficient (Wildman–Crippen LogP) is 2.29. The number of hydrogen-bond donors (Lipinski definition) is 1. The van der Waals surface area contributed by atoms with E-state index >= 15 is 0 Å². The van der Waals surface area contributed by atoms with Crippen LogP contribution in [0, 0.1) is 17.8 Å². The Balaban J connectivity index is 1.45. The molecule has 8 heteroatoms. The lowest BCUT2D eigenvalue weighted by molar-refractivity contribution is -0.147. The van der Waals surface area contributed by atoms with Crippen LogP contribution >= 0.6 is 0 Å². The van der Waals surface area contributed by atoms with Crippen LogP contribution in [0.15, 0.2) is 23.1 Å². The van der Waals surface area contributed by atoms with Crippen LogP contribution in [0.25, 0.3) is 11.0 Å². The first kappa shape index (κ1) is 17.5. The number of imidazole rings is 1. The molecule has 4 rings (SSSR count). The highest BCUT2D eigenvalue weighted by atomic mass is 32.2. The predicted molar refractivity (Wildman–Crippen MR) is 95.7 cm³/mol. The first-order valence-electron chi connectivity index (χ1n) is 8.96. The smallest absolute Gasteiger partial charge is 0.309 e. The first-order chi connectivity index (χ1) is 12.4. The van der Waals surface area contributed by atoms with Gasteiger partial charge in [-0.2, -0.15) is 0 Å². The van der Waals surface area contributed by atoms with Gasteiger partial charge in [0.25, 0.3) is 0 Å². The van der Waals surface area contributed by atoms with Crippen molar-refractivity contribution in [2.75, 3.05) is 14.1 Å². The number of carbonyl (C=O) groups excluding carboxylic acids is 1. The minimum atomic E-state index is -3.50. The molecule has 2 atom stereocenters. The van der Waals surface area contributed by atoms with Gasteiger partial charge in [-0.05, 0) is 42.9 Å². The van der Waals surface area contributed by atoms with Gasteiger partial charge in [-0.1, -0.05) is 12.8 Å². The molecule has 0 spiro atoms. The van der Waals surface area contributed by atoms with Crippen LogP contribution in [0.5, 0.6) is 0 Å². The SMILES string of the molecule is CN(C)S(=O)(=O)c1ccc2nc(COC(=O)C3C4CCCCC43)[nH]c2c1. The second-order valence-corrected chi connectivity index (χ2v) is 9.55. The molecule has 2 aliphatic carbocycles. The molecule has 2 fully saturated rings. The van der Waals surface area contributed by atoms with Crippen LogP contribution < -0.4 is 0 Å². The van der Waals surface area contributed by atoms with E-state index in [1.165, 1.54) is 37.3 Å². The third-order valence-corrected chi connectivity index (χ3v) is 7.37. The summed E-state index contributed by atoms with van der Waals surface area (Å²) in [5.74, 6) is 1.50. The van der Waals surface area contributed by atoms with Crippen molar-refractivity contribution in [1.82, 2.24) is 14.3 Å². The lowest BCUT2D eigenvalue weighted by Gasteiger charge is -2.10. The Labute approximate surface area is 152 Å². The lowest BCUT2D eigenvalue weighted by Crippen LogP contribution is -2.22. The quantitative estimate of drug-likeness (QED) is 0.807. The number of hydrogen-bond acceptors (Lipinski definition) is 5. The number of nitrogens with one attached hydrogen (secondary N) is 1. The maximum Gasteiger partial charge on any atom is 0.309 e. The number of benzene rings is 1. The van der Waals surface area contributed by atoms with Gasteiger partial charge in [0, 0.05) is 14.1 Å². The maximum atomic E-state index is 12.3. The van der Waals surface area contributed by atoms with Crippen LogP contribution in [0.3, 0.4) is 0 Å². The summed E-state index contributed by atoms with van der Waals surface area (Å²) in [7, 11) is -0.514. The Hall–Kier alpha value is -1.93. The summed E-state index contributed by atoms with van der Waals surface area (Å²) >= 11 is 0. The molecule has 2 saturated carbocycles. The zero-order valence-electron chi connectivity index (χ0n) is 14.9. The van der Waals surface area contributed by atoms with Crippen LogP contribution in [-0.4, -0.2) is 42.8 Å². The molecular formula is C18H23N3O4S. The average molecular weight is 377 g/mol. The van der Waals surface area contributed by atoms with Crippen LogP contribution in [0.2, 0.25) is 0 Å². The molecule has 2 aliphatic rings. The van der Waals surface area contributed by atoms with E-state index in [-0.39, 0.29) is 23.4 Å². The van der Waals surface area contributed by atoms with Crippen LogP contribution in [0.4, 0.5) is 0 Å². The Morgan fingerprint density at radius 3 is 2.62 bits per heavy atom. The number of sulfonamides is 1. The van der Waals surface area contributed by atoms with Crippen molar-refractivity contribution in [3.05, 3.63) is 24.0 Å². The highest BCUT2D eigenvalue weighted by Crippen LogP contribution is 2.55. The van der Waals surface area contributed by atoms with Crippen LogP contribution in [0.1, 0.15) is 31.5 Å². The summed E-state index contributed by atoms with van der Waals surface area (Å²) in [6.07, 6.45) is 4.70. The highest BCUT2D eigenvalue weighted by molar-refractivity contribution is 7.89. The summed E-state index contributed by atoms with van der Waals surface area (Å²) in [4.78, 5) is 19.9. The standard InChI is InChI=1S/C18H23N3O4S/c1-21(2)26(23,24)11-7-8-14-15(9-11)20-16(19-14)10-25-18(22)17-12-5-3-4-6-13(12)17/h7-9,12-13,17H,3-6,10H2,1-2H3,(H,19,20). The number of aromatic amines is 1. The molecule has 1 N–H and O–H groups in total. The molecule has 1 heterocycles. The van der Waals surface area contributed by atoms with Crippen molar-refractivity contribution >= 4 is 27.0 Å². The second kappa shape index (κ2) is 6.35. The molecule has 1 aromatic heterocycles. The fourth-order valence-electron chi connectivity index (χ4n) is 4.06. The Morgan fingerprint density at radius 2 is 1.96 bits per heavy atom. The molecule has 2 unspecified atom stereocenters. The molecule has 1 aromatic carbocycles. The van der Waals surface area contributed by atoms with E-state index in [1.807, 2.05) is 0 Å². The molecule has 26 heavy (non-hydrogen) atoms. The van der Waals surface area contributed by atoms with Gasteiger partial charge in [0.15, 0.2) is 0 Å². The van der Waals surface area contributed by atoms with E-state index < -0.39 is 10.0 Å². The molecule has 140 valence electrons. The molecule has 0 amide bonds. The Bertz CT molecular complexity index is 938. The van der Waals surface area contributed by atoms with Crippen molar-refractivity contribution in [2.24, 2.45) is 17.8 Å². The van der Waals surface area contributed by atoms with E-state index in [0.29, 0.717) is 28.7 Å².